The van der Waals surface area contributed by atoms with Crippen LogP contribution >= 0.6 is 0 Å². The van der Waals surface area contributed by atoms with Gasteiger partial charge in [0.1, 0.15) is 0 Å². The minimum atomic E-state index is -1.24. The Hall–Kier alpha value is -0.0600. The Labute approximate surface area is 170 Å². The Balaban J connectivity index is 0. The van der Waals surface area contributed by atoms with Crippen LogP contribution in [0.4, 0.5) is 0 Å². The van der Waals surface area contributed by atoms with Gasteiger partial charge in [0.05, 0.1) is 0 Å². The van der Waals surface area contributed by atoms with Gasteiger partial charge in [0.25, 0.3) is 0 Å². The van der Waals surface area contributed by atoms with E-state index in [0.717, 1.165) is 32.1 Å². The van der Waals surface area contributed by atoms with Crippen molar-refractivity contribution in [2.75, 3.05) is 0 Å². The summed E-state index contributed by atoms with van der Waals surface area (Å²) >= 11 is 0. The number of aliphatic carboxylic acids is 2. The van der Waals surface area contributed by atoms with Gasteiger partial charge >= 0.3 is 41.5 Å². The summed E-state index contributed by atoms with van der Waals surface area (Å²) in [7, 11) is 0. The molecule has 0 aliphatic rings. The van der Waals surface area contributed by atoms with Crippen LogP contribution in [0.5, 0.6) is 0 Å². The normalized spacial score (nSPS) is 12.0. The van der Waals surface area contributed by atoms with E-state index < -0.39 is 17.9 Å². The van der Waals surface area contributed by atoms with Gasteiger partial charge < -0.3 is 10.2 Å². The molecule has 138 valence electrons. The van der Waals surface area contributed by atoms with E-state index in [4.69, 9.17) is 10.2 Å². The van der Waals surface area contributed by atoms with E-state index in [9.17, 15) is 9.59 Å². The molecule has 0 aliphatic carbocycles. The van der Waals surface area contributed by atoms with E-state index in [1.54, 1.807) is 0 Å². The zero-order chi connectivity index (χ0) is 17.5. The van der Waals surface area contributed by atoms with Crippen molar-refractivity contribution in [1.29, 1.82) is 0 Å². The number of rotatable bonds is 16. The molecule has 1 unspecified atom stereocenters. The standard InChI is InChI=1S/C19H36O4.Na.H/c1-3-5-7-8-9-10-11-12-14-16(13-6-4-2)15-17(18(20)21)19(22)23;;/h16-17H,3-15H2,1-2H3,(H,20,21)(H,22,23);;. The number of carbonyl (C=O) groups is 2. The molecule has 0 bridgehead atoms. The molecule has 0 radical (unpaired) electrons. The SMILES string of the molecule is CCCCCCCCCCC(CCCC)CC(C(=O)O)C(=O)O.[NaH]. The van der Waals surface area contributed by atoms with Crippen LogP contribution in [0.1, 0.15) is 97.3 Å². The number of carboxylic acid groups (broad SMARTS) is 2. The molecule has 2 N–H and O–H groups in total. The number of carboxylic acids is 2. The summed E-state index contributed by atoms with van der Waals surface area (Å²) in [6.45, 7) is 4.33. The van der Waals surface area contributed by atoms with Crippen molar-refractivity contribution >= 4 is 41.5 Å². The fourth-order valence-corrected chi connectivity index (χ4v) is 3.08. The Morgan fingerprint density at radius 3 is 1.58 bits per heavy atom. The van der Waals surface area contributed by atoms with Gasteiger partial charge in [-0.1, -0.05) is 90.9 Å². The minimum absolute atomic E-state index is 0. The quantitative estimate of drug-likeness (QED) is 0.236. The molecule has 0 aromatic carbocycles. The summed E-state index contributed by atoms with van der Waals surface area (Å²) in [5, 5.41) is 18.1. The van der Waals surface area contributed by atoms with Gasteiger partial charge in [-0.05, 0) is 12.3 Å². The second kappa shape index (κ2) is 17.8. The van der Waals surface area contributed by atoms with Crippen molar-refractivity contribution in [3.05, 3.63) is 0 Å². The number of unbranched alkanes of at least 4 members (excludes halogenated alkanes) is 8. The second-order valence-corrected chi connectivity index (χ2v) is 6.74. The average Bonchev–Trinajstić information content (AvgIpc) is 2.50. The van der Waals surface area contributed by atoms with Gasteiger partial charge in [0.15, 0.2) is 5.92 Å². The zero-order valence-corrected chi connectivity index (χ0v) is 15.1. The molecule has 4 nitrogen and oxygen atoms in total. The monoisotopic (exact) mass is 352 g/mol. The molecule has 0 fully saturated rings. The van der Waals surface area contributed by atoms with Gasteiger partial charge in [0, 0.05) is 0 Å². The molecule has 5 heteroatoms. The average molecular weight is 352 g/mol. The Kier molecular flexibility index (Phi) is 19.4. The van der Waals surface area contributed by atoms with Gasteiger partial charge in [-0.25, -0.2) is 0 Å². The topological polar surface area (TPSA) is 74.6 Å². The van der Waals surface area contributed by atoms with E-state index in [-0.39, 0.29) is 41.9 Å². The van der Waals surface area contributed by atoms with Crippen molar-refractivity contribution < 1.29 is 19.8 Å². The van der Waals surface area contributed by atoms with Gasteiger partial charge in [-0.3, -0.25) is 9.59 Å². The number of hydrogen-bond donors (Lipinski definition) is 2. The summed E-state index contributed by atoms with van der Waals surface area (Å²) in [5.41, 5.74) is 0. The molecule has 0 saturated heterocycles. The molecule has 0 rings (SSSR count). The molecule has 24 heavy (non-hydrogen) atoms. The van der Waals surface area contributed by atoms with Crippen molar-refractivity contribution in [3.8, 4) is 0 Å². The van der Waals surface area contributed by atoms with Crippen LogP contribution in [0.15, 0.2) is 0 Å². The molecular weight excluding hydrogens is 315 g/mol. The molecule has 0 aliphatic heterocycles. The van der Waals surface area contributed by atoms with Crippen molar-refractivity contribution in [3.63, 3.8) is 0 Å². The molecule has 0 saturated carbocycles. The fraction of sp³-hybridized carbons (Fsp3) is 0.895. The first-order valence-corrected chi connectivity index (χ1v) is 9.48. The van der Waals surface area contributed by atoms with Crippen LogP contribution in [0.25, 0.3) is 0 Å². The van der Waals surface area contributed by atoms with Gasteiger partial charge in [-0.15, -0.1) is 0 Å². The second-order valence-electron chi connectivity index (χ2n) is 6.74. The fourth-order valence-electron chi connectivity index (χ4n) is 3.08. The summed E-state index contributed by atoms with van der Waals surface area (Å²) in [6.07, 6.45) is 14.3. The van der Waals surface area contributed by atoms with E-state index in [0.29, 0.717) is 0 Å². The molecule has 0 heterocycles. The first-order chi connectivity index (χ1) is 11.0. The maximum absolute atomic E-state index is 11.1. The predicted octanol–water partition coefficient (Wildman–Crippen LogP) is 4.85. The maximum atomic E-state index is 11.1. The van der Waals surface area contributed by atoms with Crippen LogP contribution < -0.4 is 0 Å². The molecule has 0 spiro atoms. The van der Waals surface area contributed by atoms with Crippen LogP contribution in [-0.4, -0.2) is 51.7 Å². The van der Waals surface area contributed by atoms with Crippen molar-refractivity contribution in [1.82, 2.24) is 0 Å². The van der Waals surface area contributed by atoms with Crippen LogP contribution in [0, 0.1) is 11.8 Å². The molecule has 0 aromatic rings. The van der Waals surface area contributed by atoms with Gasteiger partial charge in [-0.2, -0.15) is 0 Å². The summed E-state index contributed by atoms with van der Waals surface area (Å²) < 4.78 is 0. The third-order valence-electron chi connectivity index (χ3n) is 4.60. The van der Waals surface area contributed by atoms with Crippen LogP contribution in [0.2, 0.25) is 0 Å². The molecule has 0 amide bonds. The summed E-state index contributed by atoms with van der Waals surface area (Å²) in [4.78, 5) is 22.1. The first kappa shape index (κ1) is 26.2. The Morgan fingerprint density at radius 2 is 1.12 bits per heavy atom. The predicted molar refractivity (Wildman–Crippen MR) is 101 cm³/mol. The molecule has 1 atom stereocenters. The Bertz CT molecular complexity index is 306. The van der Waals surface area contributed by atoms with Gasteiger partial charge in [0.2, 0.25) is 0 Å². The van der Waals surface area contributed by atoms with Crippen LogP contribution in [-0.2, 0) is 9.59 Å². The van der Waals surface area contributed by atoms with E-state index in [2.05, 4.69) is 13.8 Å². The van der Waals surface area contributed by atoms with Crippen LogP contribution in [0.3, 0.4) is 0 Å². The van der Waals surface area contributed by atoms with Crippen molar-refractivity contribution in [2.24, 2.45) is 11.8 Å². The number of hydrogen-bond acceptors (Lipinski definition) is 2. The zero-order valence-electron chi connectivity index (χ0n) is 15.1. The van der Waals surface area contributed by atoms with Crippen molar-refractivity contribution in [2.45, 2.75) is 97.3 Å². The third kappa shape index (κ3) is 14.3. The summed E-state index contributed by atoms with van der Waals surface area (Å²) in [5.74, 6) is -3.41. The third-order valence-corrected chi connectivity index (χ3v) is 4.60. The Morgan fingerprint density at radius 1 is 0.708 bits per heavy atom. The van der Waals surface area contributed by atoms with E-state index >= 15 is 0 Å². The molecular formula is C19H37NaO4. The van der Waals surface area contributed by atoms with E-state index in [1.807, 2.05) is 0 Å². The first-order valence-electron chi connectivity index (χ1n) is 9.48. The van der Waals surface area contributed by atoms with E-state index in [1.165, 1.54) is 44.9 Å². The molecule has 0 aromatic heterocycles. The summed E-state index contributed by atoms with van der Waals surface area (Å²) in [6, 6.07) is 0.